The van der Waals surface area contributed by atoms with Gasteiger partial charge in [-0.15, -0.1) is 0 Å². The van der Waals surface area contributed by atoms with Gasteiger partial charge in [0.2, 0.25) is 0 Å². The van der Waals surface area contributed by atoms with Crippen LogP contribution in [-0.4, -0.2) is 11.7 Å². The Morgan fingerprint density at radius 1 is 1.27 bits per heavy atom. The number of nitrogens with one attached hydrogen (secondary N) is 1. The van der Waals surface area contributed by atoms with E-state index >= 15 is 0 Å². The number of hydrogen-bond donors (Lipinski definition) is 3. The van der Waals surface area contributed by atoms with Crippen molar-refractivity contribution < 1.29 is 5.11 Å². The van der Waals surface area contributed by atoms with Gasteiger partial charge in [0.05, 0.1) is 6.10 Å². The molecule has 1 aromatic rings. The number of rotatable bonds is 3. The second-order valence-corrected chi connectivity index (χ2v) is 4.16. The number of nitrogens with two attached hydrogens (primary N) is 1. The van der Waals surface area contributed by atoms with Crippen molar-refractivity contribution in [3.05, 3.63) is 34.9 Å². The molecule has 0 saturated heterocycles. The monoisotopic (exact) mass is 206 g/mol. The van der Waals surface area contributed by atoms with Gasteiger partial charge in [-0.25, -0.2) is 0 Å². The highest BCUT2D eigenvalue weighted by atomic mass is 16.3. The Morgan fingerprint density at radius 2 is 2.00 bits per heavy atom. The lowest BCUT2D eigenvalue weighted by Crippen LogP contribution is -2.27. The van der Waals surface area contributed by atoms with E-state index in [0.717, 1.165) is 12.0 Å². The third-order valence-electron chi connectivity index (χ3n) is 3.07. The molecular formula is C12H18N2O. The van der Waals surface area contributed by atoms with E-state index in [1.54, 1.807) is 0 Å². The lowest BCUT2D eigenvalue weighted by molar-refractivity contribution is 0.175. The molecule has 0 fully saturated rings. The number of hydrogen-bond acceptors (Lipinski definition) is 3. The van der Waals surface area contributed by atoms with Crippen LogP contribution in [0.3, 0.4) is 0 Å². The highest BCUT2D eigenvalue weighted by molar-refractivity contribution is 5.34. The van der Waals surface area contributed by atoms with Gasteiger partial charge in [-0.3, -0.25) is 11.3 Å². The van der Waals surface area contributed by atoms with Crippen LogP contribution in [0.1, 0.15) is 35.6 Å². The van der Waals surface area contributed by atoms with Gasteiger partial charge in [-0.05, 0) is 42.4 Å². The van der Waals surface area contributed by atoms with Gasteiger partial charge in [-0.1, -0.05) is 18.2 Å². The first-order valence-electron chi connectivity index (χ1n) is 5.54. The van der Waals surface area contributed by atoms with E-state index in [0.29, 0.717) is 6.54 Å². The molecule has 0 aliphatic heterocycles. The van der Waals surface area contributed by atoms with Crippen LogP contribution >= 0.6 is 0 Å². The van der Waals surface area contributed by atoms with E-state index in [2.05, 4.69) is 17.6 Å². The molecular weight excluding hydrogens is 188 g/mol. The molecule has 0 heterocycles. The molecule has 0 saturated carbocycles. The first kappa shape index (κ1) is 10.6. The molecule has 0 radical (unpaired) electrons. The van der Waals surface area contributed by atoms with Gasteiger partial charge >= 0.3 is 0 Å². The first-order valence-corrected chi connectivity index (χ1v) is 5.54. The molecule has 82 valence electrons. The molecule has 2 rings (SSSR count). The van der Waals surface area contributed by atoms with Crippen LogP contribution in [0.25, 0.3) is 0 Å². The second kappa shape index (κ2) is 4.75. The molecule has 1 unspecified atom stereocenters. The molecule has 0 aromatic heterocycles. The molecule has 3 nitrogen and oxygen atoms in total. The summed E-state index contributed by atoms with van der Waals surface area (Å²) < 4.78 is 0. The van der Waals surface area contributed by atoms with Crippen LogP contribution in [0, 0.1) is 0 Å². The van der Waals surface area contributed by atoms with Crippen molar-refractivity contribution in [1.82, 2.24) is 5.43 Å². The Hall–Kier alpha value is -0.900. The zero-order valence-corrected chi connectivity index (χ0v) is 8.87. The summed E-state index contributed by atoms with van der Waals surface area (Å²) in [6.45, 7) is 0.402. The van der Waals surface area contributed by atoms with Crippen LogP contribution in [0.15, 0.2) is 18.2 Å². The predicted octanol–water partition coefficient (Wildman–Crippen LogP) is 1.06. The average molecular weight is 206 g/mol. The van der Waals surface area contributed by atoms with Crippen LogP contribution < -0.4 is 11.3 Å². The lowest BCUT2D eigenvalue weighted by atomic mass is 9.89. The van der Waals surface area contributed by atoms with Crippen molar-refractivity contribution in [2.45, 2.75) is 31.8 Å². The van der Waals surface area contributed by atoms with Gasteiger partial charge in [0.1, 0.15) is 0 Å². The Kier molecular flexibility index (Phi) is 3.36. The molecule has 1 aromatic carbocycles. The second-order valence-electron chi connectivity index (χ2n) is 4.16. The van der Waals surface area contributed by atoms with Gasteiger partial charge in [-0.2, -0.15) is 0 Å². The molecule has 15 heavy (non-hydrogen) atoms. The molecule has 0 spiro atoms. The smallest absolute Gasteiger partial charge is 0.0928 e. The van der Waals surface area contributed by atoms with E-state index in [1.807, 2.05) is 6.07 Å². The van der Waals surface area contributed by atoms with Crippen LogP contribution in [0.5, 0.6) is 0 Å². The zero-order chi connectivity index (χ0) is 10.7. The fourth-order valence-electron chi connectivity index (χ4n) is 2.19. The van der Waals surface area contributed by atoms with Crippen molar-refractivity contribution in [2.75, 3.05) is 6.54 Å². The van der Waals surface area contributed by atoms with E-state index in [-0.39, 0.29) is 0 Å². The fourth-order valence-corrected chi connectivity index (χ4v) is 2.19. The summed E-state index contributed by atoms with van der Waals surface area (Å²) in [4.78, 5) is 0. The van der Waals surface area contributed by atoms with E-state index in [1.165, 1.54) is 30.4 Å². The summed E-state index contributed by atoms with van der Waals surface area (Å²) in [6.07, 6.45) is 4.38. The summed E-state index contributed by atoms with van der Waals surface area (Å²) >= 11 is 0. The Bertz CT molecular complexity index is 338. The SMILES string of the molecule is NNCC(O)c1ccc2c(c1)CCCC2. The standard InChI is InChI=1S/C12H18N2O/c13-14-8-12(15)11-6-5-9-3-1-2-4-10(9)7-11/h5-7,12,14-15H,1-4,8,13H2. The van der Waals surface area contributed by atoms with Crippen LogP contribution in [-0.2, 0) is 12.8 Å². The molecule has 1 atom stereocenters. The topological polar surface area (TPSA) is 58.3 Å². The Labute approximate surface area is 90.3 Å². The zero-order valence-electron chi connectivity index (χ0n) is 8.87. The lowest BCUT2D eigenvalue weighted by Gasteiger charge is -2.18. The van der Waals surface area contributed by atoms with Crippen molar-refractivity contribution in [1.29, 1.82) is 0 Å². The van der Waals surface area contributed by atoms with Gasteiger partial charge in [0.15, 0.2) is 0 Å². The minimum Gasteiger partial charge on any atom is -0.387 e. The highest BCUT2D eigenvalue weighted by Crippen LogP contribution is 2.24. The first-order chi connectivity index (χ1) is 7.31. The highest BCUT2D eigenvalue weighted by Gasteiger charge is 2.12. The van der Waals surface area contributed by atoms with Gasteiger partial charge in [0, 0.05) is 6.54 Å². The van der Waals surface area contributed by atoms with E-state index < -0.39 is 6.10 Å². The number of aliphatic hydroxyl groups is 1. The third-order valence-corrected chi connectivity index (χ3v) is 3.07. The minimum atomic E-state index is -0.498. The largest absolute Gasteiger partial charge is 0.387 e. The average Bonchev–Trinajstić information content (AvgIpc) is 2.29. The Morgan fingerprint density at radius 3 is 2.73 bits per heavy atom. The van der Waals surface area contributed by atoms with Crippen LogP contribution in [0.4, 0.5) is 0 Å². The molecule has 0 amide bonds. The quantitative estimate of drug-likeness (QED) is 0.512. The summed E-state index contributed by atoms with van der Waals surface area (Å²) in [7, 11) is 0. The normalized spacial score (nSPS) is 17.2. The third kappa shape index (κ3) is 2.37. The number of benzene rings is 1. The molecule has 1 aliphatic carbocycles. The number of fused-ring (bicyclic) bond motifs is 1. The predicted molar refractivity (Wildman–Crippen MR) is 60.2 cm³/mol. The van der Waals surface area contributed by atoms with E-state index in [4.69, 9.17) is 5.84 Å². The van der Waals surface area contributed by atoms with Crippen molar-refractivity contribution in [2.24, 2.45) is 5.84 Å². The fraction of sp³-hybridized carbons (Fsp3) is 0.500. The molecule has 4 N–H and O–H groups in total. The summed E-state index contributed by atoms with van der Waals surface area (Å²) in [5, 5.41) is 9.78. The van der Waals surface area contributed by atoms with Crippen molar-refractivity contribution in [3.8, 4) is 0 Å². The molecule has 0 bridgehead atoms. The van der Waals surface area contributed by atoms with Crippen molar-refractivity contribution in [3.63, 3.8) is 0 Å². The molecule has 1 aliphatic rings. The number of aryl methyl sites for hydroxylation is 2. The minimum absolute atomic E-state index is 0.402. The summed E-state index contributed by atoms with van der Waals surface area (Å²) in [5.41, 5.74) is 6.30. The molecule has 3 heteroatoms. The maximum Gasteiger partial charge on any atom is 0.0928 e. The maximum absolute atomic E-state index is 9.78. The maximum atomic E-state index is 9.78. The summed E-state index contributed by atoms with van der Waals surface area (Å²) in [6, 6.07) is 6.27. The van der Waals surface area contributed by atoms with E-state index in [9.17, 15) is 5.11 Å². The Balaban J connectivity index is 2.20. The van der Waals surface area contributed by atoms with Crippen molar-refractivity contribution >= 4 is 0 Å². The number of hydrazine groups is 1. The van der Waals surface area contributed by atoms with Gasteiger partial charge < -0.3 is 5.11 Å². The number of aliphatic hydroxyl groups excluding tert-OH is 1. The van der Waals surface area contributed by atoms with Crippen LogP contribution in [0.2, 0.25) is 0 Å². The van der Waals surface area contributed by atoms with Gasteiger partial charge in [0.25, 0.3) is 0 Å². The summed E-state index contributed by atoms with van der Waals surface area (Å²) in [5.74, 6) is 5.19.